The Morgan fingerprint density at radius 3 is 2.52 bits per heavy atom. The molecule has 0 saturated carbocycles. The fourth-order valence-corrected chi connectivity index (χ4v) is 2.78. The Morgan fingerprint density at radius 1 is 1.16 bits per heavy atom. The molecule has 0 aromatic heterocycles. The molecule has 0 saturated heterocycles. The Morgan fingerprint density at radius 2 is 1.84 bits per heavy atom. The summed E-state index contributed by atoms with van der Waals surface area (Å²) in [6.07, 6.45) is 0. The summed E-state index contributed by atoms with van der Waals surface area (Å²) in [5.41, 5.74) is 1.46. The van der Waals surface area contributed by atoms with E-state index in [0.717, 1.165) is 0 Å². The Balaban J connectivity index is 1.96. The van der Waals surface area contributed by atoms with E-state index in [4.69, 9.17) is 11.6 Å². The fraction of sp³-hybridized carbons (Fsp3) is 0.111. The molecule has 5 nitrogen and oxygen atoms in total. The van der Waals surface area contributed by atoms with Gasteiger partial charge in [-0.2, -0.15) is 0 Å². The van der Waals surface area contributed by atoms with E-state index in [-0.39, 0.29) is 5.69 Å². The van der Waals surface area contributed by atoms with Gasteiger partial charge in [0.1, 0.15) is 5.82 Å². The first kappa shape index (κ1) is 17.0. The van der Waals surface area contributed by atoms with Crippen LogP contribution in [-0.4, -0.2) is 11.9 Å². The van der Waals surface area contributed by atoms with Crippen molar-refractivity contribution in [3.8, 4) is 0 Å². The van der Waals surface area contributed by atoms with Gasteiger partial charge in [0.2, 0.25) is 0 Å². The second-order valence-corrected chi connectivity index (χ2v) is 5.99. The fourth-order valence-electron chi connectivity index (χ4n) is 2.65. The minimum Gasteiger partial charge on any atom is -0.327 e. The number of allylic oxidation sites excluding steroid dienone is 1. The van der Waals surface area contributed by atoms with Gasteiger partial charge in [-0.15, -0.1) is 0 Å². The second-order valence-electron chi connectivity index (χ2n) is 5.56. The molecule has 7 heteroatoms. The standard InChI is InChI=1S/C18H15ClFN3O2/c1-10-15(17(24)22-14-5-3-2-4-13(14)20)16(23-18(25)21-10)11-6-8-12(19)9-7-11/h2-9,16H,1H3,(H,22,24)(H2,21,23,25)/t16-/m1/s1. The molecule has 128 valence electrons. The van der Waals surface area contributed by atoms with Crippen molar-refractivity contribution in [3.05, 3.63) is 76.2 Å². The van der Waals surface area contributed by atoms with Crippen LogP contribution in [0.25, 0.3) is 0 Å². The smallest absolute Gasteiger partial charge is 0.319 e. The minimum atomic E-state index is -0.669. The molecule has 0 bridgehead atoms. The van der Waals surface area contributed by atoms with E-state index in [2.05, 4.69) is 16.0 Å². The number of amides is 3. The van der Waals surface area contributed by atoms with E-state index < -0.39 is 23.8 Å². The van der Waals surface area contributed by atoms with Crippen LogP contribution < -0.4 is 16.0 Å². The van der Waals surface area contributed by atoms with Crippen molar-refractivity contribution < 1.29 is 14.0 Å². The Labute approximate surface area is 148 Å². The average molecular weight is 360 g/mol. The maximum Gasteiger partial charge on any atom is 0.319 e. The first-order chi connectivity index (χ1) is 12.0. The molecule has 2 aromatic rings. The topological polar surface area (TPSA) is 70.2 Å². The number of para-hydroxylation sites is 1. The molecule has 1 aliphatic heterocycles. The van der Waals surface area contributed by atoms with Crippen LogP contribution in [0.1, 0.15) is 18.5 Å². The van der Waals surface area contributed by atoms with Crippen molar-refractivity contribution in [3.63, 3.8) is 0 Å². The summed E-state index contributed by atoms with van der Waals surface area (Å²) in [4.78, 5) is 24.6. The molecule has 0 radical (unpaired) electrons. The number of hydrogen-bond acceptors (Lipinski definition) is 2. The first-order valence-corrected chi connectivity index (χ1v) is 7.93. The highest BCUT2D eigenvalue weighted by atomic mass is 35.5. The molecular formula is C18H15ClFN3O2. The lowest BCUT2D eigenvalue weighted by Crippen LogP contribution is -2.46. The lowest BCUT2D eigenvalue weighted by Gasteiger charge is -2.28. The molecule has 1 atom stereocenters. The predicted octanol–water partition coefficient (Wildman–Crippen LogP) is 3.75. The summed E-state index contributed by atoms with van der Waals surface area (Å²) in [6, 6.07) is 11.6. The first-order valence-electron chi connectivity index (χ1n) is 7.55. The number of carbonyl (C=O) groups is 2. The molecule has 0 unspecified atom stereocenters. The van der Waals surface area contributed by atoms with Gasteiger partial charge in [-0.3, -0.25) is 4.79 Å². The van der Waals surface area contributed by atoms with E-state index >= 15 is 0 Å². The van der Waals surface area contributed by atoms with Crippen molar-refractivity contribution >= 4 is 29.2 Å². The summed E-state index contributed by atoms with van der Waals surface area (Å²) < 4.78 is 13.8. The molecule has 0 spiro atoms. The van der Waals surface area contributed by atoms with Crippen LogP contribution >= 0.6 is 11.6 Å². The number of rotatable bonds is 3. The molecule has 0 fully saturated rings. The molecule has 2 aromatic carbocycles. The highest BCUT2D eigenvalue weighted by molar-refractivity contribution is 6.30. The molecule has 3 N–H and O–H groups in total. The van der Waals surface area contributed by atoms with Gasteiger partial charge in [-0.25, -0.2) is 9.18 Å². The second kappa shape index (κ2) is 6.94. The molecule has 0 aliphatic carbocycles. The van der Waals surface area contributed by atoms with Gasteiger partial charge in [0.15, 0.2) is 0 Å². The molecule has 3 rings (SSSR count). The SMILES string of the molecule is CC1=C(C(=O)Nc2ccccc2F)[C@@H](c2ccc(Cl)cc2)NC(=O)N1. The van der Waals surface area contributed by atoms with E-state index in [1.165, 1.54) is 18.2 Å². The van der Waals surface area contributed by atoms with E-state index in [9.17, 15) is 14.0 Å². The van der Waals surface area contributed by atoms with Crippen molar-refractivity contribution in [2.24, 2.45) is 0 Å². The Kier molecular flexibility index (Phi) is 4.72. The highest BCUT2D eigenvalue weighted by Gasteiger charge is 2.31. The third-order valence-electron chi connectivity index (χ3n) is 3.84. The van der Waals surface area contributed by atoms with E-state index in [0.29, 0.717) is 21.9 Å². The maximum absolute atomic E-state index is 13.8. The van der Waals surface area contributed by atoms with Gasteiger partial charge < -0.3 is 16.0 Å². The quantitative estimate of drug-likeness (QED) is 0.781. The summed E-state index contributed by atoms with van der Waals surface area (Å²) in [7, 11) is 0. The molecule has 1 aliphatic rings. The van der Waals surface area contributed by atoms with Gasteiger partial charge in [0.05, 0.1) is 17.3 Å². The maximum atomic E-state index is 13.8. The number of anilines is 1. The number of nitrogens with one attached hydrogen (secondary N) is 3. The van der Waals surface area contributed by atoms with Crippen LogP contribution in [0.2, 0.25) is 5.02 Å². The van der Waals surface area contributed by atoms with Crippen molar-refractivity contribution in [1.29, 1.82) is 0 Å². The zero-order chi connectivity index (χ0) is 18.0. The number of halogens is 2. The summed E-state index contributed by atoms with van der Waals surface area (Å²) in [5.74, 6) is -1.04. The van der Waals surface area contributed by atoms with Crippen molar-refractivity contribution in [2.45, 2.75) is 13.0 Å². The average Bonchev–Trinajstić information content (AvgIpc) is 2.57. The van der Waals surface area contributed by atoms with Gasteiger partial charge >= 0.3 is 6.03 Å². The van der Waals surface area contributed by atoms with Crippen molar-refractivity contribution in [2.75, 3.05) is 5.32 Å². The zero-order valence-corrected chi connectivity index (χ0v) is 14.0. The van der Waals surface area contributed by atoms with Gasteiger partial charge in [-0.05, 0) is 36.8 Å². The van der Waals surface area contributed by atoms with Crippen LogP contribution in [0.3, 0.4) is 0 Å². The largest absolute Gasteiger partial charge is 0.327 e. The minimum absolute atomic E-state index is 0.0690. The van der Waals surface area contributed by atoms with E-state index in [1.54, 1.807) is 37.3 Å². The van der Waals surface area contributed by atoms with E-state index in [1.807, 2.05) is 0 Å². The normalized spacial score (nSPS) is 16.9. The van der Waals surface area contributed by atoms with Crippen LogP contribution in [0.5, 0.6) is 0 Å². The number of hydrogen-bond donors (Lipinski definition) is 3. The summed E-state index contributed by atoms with van der Waals surface area (Å²) in [5, 5.41) is 8.37. The Bertz CT molecular complexity index is 865. The highest BCUT2D eigenvalue weighted by Crippen LogP contribution is 2.28. The summed E-state index contributed by atoms with van der Waals surface area (Å²) in [6.45, 7) is 1.62. The number of urea groups is 1. The summed E-state index contributed by atoms with van der Waals surface area (Å²) >= 11 is 5.90. The van der Waals surface area contributed by atoms with Crippen LogP contribution in [0, 0.1) is 5.82 Å². The molecule has 25 heavy (non-hydrogen) atoms. The molecule has 3 amide bonds. The van der Waals surface area contributed by atoms with Gasteiger partial charge in [0.25, 0.3) is 5.91 Å². The lowest BCUT2D eigenvalue weighted by atomic mass is 9.95. The third kappa shape index (κ3) is 3.64. The third-order valence-corrected chi connectivity index (χ3v) is 4.09. The van der Waals surface area contributed by atoms with Crippen LogP contribution in [0.15, 0.2) is 59.8 Å². The zero-order valence-electron chi connectivity index (χ0n) is 13.3. The van der Waals surface area contributed by atoms with Gasteiger partial charge in [0, 0.05) is 10.7 Å². The Hall–Kier alpha value is -2.86. The molecule has 1 heterocycles. The number of benzene rings is 2. The van der Waals surface area contributed by atoms with Crippen LogP contribution in [-0.2, 0) is 4.79 Å². The van der Waals surface area contributed by atoms with Crippen LogP contribution in [0.4, 0.5) is 14.9 Å². The lowest BCUT2D eigenvalue weighted by molar-refractivity contribution is -0.113. The molecular weight excluding hydrogens is 345 g/mol. The van der Waals surface area contributed by atoms with Crippen molar-refractivity contribution in [1.82, 2.24) is 10.6 Å². The monoisotopic (exact) mass is 359 g/mol. The van der Waals surface area contributed by atoms with Gasteiger partial charge in [-0.1, -0.05) is 35.9 Å². The number of carbonyl (C=O) groups excluding carboxylic acids is 2. The predicted molar refractivity (Wildman–Crippen MR) is 93.6 cm³/mol.